The van der Waals surface area contributed by atoms with E-state index in [1.165, 1.54) is 6.07 Å². The minimum absolute atomic E-state index is 0.0883. The van der Waals surface area contributed by atoms with Crippen LogP contribution in [0.15, 0.2) is 76.5 Å². The molecule has 0 amide bonds. The van der Waals surface area contributed by atoms with Crippen molar-refractivity contribution >= 4 is 31.7 Å². The van der Waals surface area contributed by atoms with E-state index in [2.05, 4.69) is 0 Å². The number of rotatable bonds is 6. The maximum Gasteiger partial charge on any atom is 0.340 e. The van der Waals surface area contributed by atoms with E-state index in [4.69, 9.17) is 25.7 Å². The van der Waals surface area contributed by atoms with Gasteiger partial charge in [-0.25, -0.2) is 13.6 Å². The van der Waals surface area contributed by atoms with Crippen LogP contribution in [-0.2, 0) is 20.1 Å². The molecule has 0 heterocycles. The standard InChI is InChI=1S/C19H16ClNO6S2/c1-13-7-5-6-10-16(13)27-29(24,25)18-12-19(28(21,22)23)17(11-15(18)20)26-14-8-3-2-4-9-14/h2-12H,1H3,(H2,21,22,23). The van der Waals surface area contributed by atoms with E-state index in [0.29, 0.717) is 11.3 Å². The van der Waals surface area contributed by atoms with Gasteiger partial charge in [0.2, 0.25) is 10.0 Å². The Bertz CT molecular complexity index is 1260. The van der Waals surface area contributed by atoms with Crippen molar-refractivity contribution in [3.63, 3.8) is 0 Å². The van der Waals surface area contributed by atoms with Crippen LogP contribution in [0.4, 0.5) is 0 Å². The highest BCUT2D eigenvalue weighted by molar-refractivity contribution is 7.89. The Balaban J connectivity index is 2.10. The molecule has 0 saturated carbocycles. The molecular formula is C19H16ClNO6S2. The number of aryl methyl sites for hydroxylation is 1. The number of hydrogen-bond acceptors (Lipinski definition) is 6. The molecule has 0 saturated heterocycles. The van der Waals surface area contributed by atoms with Gasteiger partial charge in [0, 0.05) is 6.07 Å². The first-order valence-corrected chi connectivity index (χ1v) is 11.5. The van der Waals surface area contributed by atoms with Crippen LogP contribution in [0.1, 0.15) is 5.56 Å². The van der Waals surface area contributed by atoms with Crippen LogP contribution in [-0.4, -0.2) is 16.8 Å². The maximum atomic E-state index is 12.7. The molecule has 29 heavy (non-hydrogen) atoms. The summed E-state index contributed by atoms with van der Waals surface area (Å²) in [5.41, 5.74) is 0.572. The molecule has 0 atom stereocenters. The second-order valence-electron chi connectivity index (χ2n) is 5.99. The van der Waals surface area contributed by atoms with Crippen LogP contribution < -0.4 is 14.1 Å². The number of benzene rings is 3. The first-order chi connectivity index (χ1) is 13.6. The van der Waals surface area contributed by atoms with Gasteiger partial charge in [-0.1, -0.05) is 48.0 Å². The number of hydrogen-bond donors (Lipinski definition) is 1. The van der Waals surface area contributed by atoms with E-state index in [9.17, 15) is 16.8 Å². The fourth-order valence-corrected chi connectivity index (χ4v) is 4.69. The molecule has 2 N–H and O–H groups in total. The summed E-state index contributed by atoms with van der Waals surface area (Å²) in [6, 6.07) is 16.6. The number of primary sulfonamides is 1. The molecule has 0 bridgehead atoms. The molecule has 0 aliphatic rings. The zero-order valence-corrected chi connectivity index (χ0v) is 17.5. The average molecular weight is 454 g/mol. The third-order valence-electron chi connectivity index (χ3n) is 3.84. The van der Waals surface area contributed by atoms with Gasteiger partial charge in [0.05, 0.1) is 5.02 Å². The highest BCUT2D eigenvalue weighted by Gasteiger charge is 2.27. The first kappa shape index (κ1) is 21.1. The van der Waals surface area contributed by atoms with Crippen LogP contribution in [0, 0.1) is 6.92 Å². The van der Waals surface area contributed by atoms with Gasteiger partial charge in [-0.05, 0) is 36.8 Å². The topological polar surface area (TPSA) is 113 Å². The van der Waals surface area contributed by atoms with Crippen molar-refractivity contribution in [3.05, 3.63) is 77.3 Å². The Morgan fingerprint density at radius 3 is 2.07 bits per heavy atom. The lowest BCUT2D eigenvalue weighted by Gasteiger charge is -2.14. The van der Waals surface area contributed by atoms with E-state index in [0.717, 1.165) is 12.1 Å². The van der Waals surface area contributed by atoms with Crippen molar-refractivity contribution < 1.29 is 25.8 Å². The van der Waals surface area contributed by atoms with Gasteiger partial charge in [0.25, 0.3) is 0 Å². The van der Waals surface area contributed by atoms with Crippen LogP contribution in [0.3, 0.4) is 0 Å². The predicted molar refractivity (Wildman–Crippen MR) is 108 cm³/mol. The summed E-state index contributed by atoms with van der Waals surface area (Å²) >= 11 is 6.13. The molecule has 10 heteroatoms. The monoisotopic (exact) mass is 453 g/mol. The number of halogens is 1. The fraction of sp³-hybridized carbons (Fsp3) is 0.0526. The average Bonchev–Trinajstić information content (AvgIpc) is 2.63. The minimum Gasteiger partial charge on any atom is -0.456 e. The molecule has 152 valence electrons. The Morgan fingerprint density at radius 1 is 0.828 bits per heavy atom. The van der Waals surface area contributed by atoms with Crippen LogP contribution in [0.5, 0.6) is 17.2 Å². The van der Waals surface area contributed by atoms with Gasteiger partial charge in [-0.2, -0.15) is 8.42 Å². The van der Waals surface area contributed by atoms with Crippen LogP contribution in [0.2, 0.25) is 5.02 Å². The van der Waals surface area contributed by atoms with Crippen LogP contribution >= 0.6 is 11.6 Å². The SMILES string of the molecule is Cc1ccccc1OS(=O)(=O)c1cc(S(N)(=O)=O)c(Oc2ccccc2)cc1Cl. The Hall–Kier alpha value is -2.59. The van der Waals surface area contributed by atoms with Crippen molar-refractivity contribution in [1.29, 1.82) is 0 Å². The smallest absolute Gasteiger partial charge is 0.340 e. The zero-order chi connectivity index (χ0) is 21.2. The van der Waals surface area contributed by atoms with Crippen molar-refractivity contribution in [2.75, 3.05) is 0 Å². The summed E-state index contributed by atoms with van der Waals surface area (Å²) in [5, 5.41) is 4.98. The molecule has 0 fully saturated rings. The Morgan fingerprint density at radius 2 is 1.45 bits per heavy atom. The highest BCUT2D eigenvalue weighted by Crippen LogP contribution is 2.36. The van der Waals surface area contributed by atoms with E-state index in [1.54, 1.807) is 55.5 Å². The molecule has 0 aliphatic heterocycles. The van der Waals surface area contributed by atoms with Gasteiger partial charge in [0.1, 0.15) is 27.0 Å². The molecule has 3 rings (SSSR count). The summed E-state index contributed by atoms with van der Waals surface area (Å²) in [6.07, 6.45) is 0. The van der Waals surface area contributed by atoms with Crippen molar-refractivity contribution in [3.8, 4) is 17.2 Å². The predicted octanol–water partition coefficient (Wildman–Crippen LogP) is 3.86. The second kappa shape index (κ2) is 8.03. The number of sulfonamides is 1. The van der Waals surface area contributed by atoms with Gasteiger partial charge in [-0.15, -0.1) is 0 Å². The molecule has 3 aromatic carbocycles. The largest absolute Gasteiger partial charge is 0.456 e. The summed E-state index contributed by atoms with van der Waals surface area (Å²) in [6.45, 7) is 1.67. The molecule has 3 aromatic rings. The van der Waals surface area contributed by atoms with E-state index in [-0.39, 0.29) is 16.5 Å². The molecular weight excluding hydrogens is 438 g/mol. The van der Waals surface area contributed by atoms with Gasteiger partial charge >= 0.3 is 10.1 Å². The zero-order valence-electron chi connectivity index (χ0n) is 15.1. The third-order valence-corrected chi connectivity index (χ3v) is 6.47. The summed E-state index contributed by atoms with van der Waals surface area (Å²) in [4.78, 5) is -1.09. The van der Waals surface area contributed by atoms with Gasteiger partial charge < -0.3 is 8.92 Å². The van der Waals surface area contributed by atoms with Gasteiger partial charge in [-0.3, -0.25) is 0 Å². The highest BCUT2D eigenvalue weighted by atomic mass is 35.5. The van der Waals surface area contributed by atoms with E-state index >= 15 is 0 Å². The Kier molecular flexibility index (Phi) is 5.85. The van der Waals surface area contributed by atoms with Crippen molar-refractivity contribution in [2.45, 2.75) is 16.7 Å². The molecule has 7 nitrogen and oxygen atoms in total. The summed E-state index contributed by atoms with van der Waals surface area (Å²) < 4.78 is 60.3. The van der Waals surface area contributed by atoms with Crippen LogP contribution in [0.25, 0.3) is 0 Å². The lowest BCUT2D eigenvalue weighted by Crippen LogP contribution is -2.16. The third kappa shape index (κ3) is 4.88. The van der Waals surface area contributed by atoms with Crippen molar-refractivity contribution in [1.82, 2.24) is 0 Å². The lowest BCUT2D eigenvalue weighted by atomic mass is 10.2. The maximum absolute atomic E-state index is 12.7. The quantitative estimate of drug-likeness (QED) is 0.567. The number of ether oxygens (including phenoxy) is 1. The first-order valence-electron chi connectivity index (χ1n) is 8.17. The second-order valence-corrected chi connectivity index (χ2v) is 9.44. The lowest BCUT2D eigenvalue weighted by molar-refractivity contribution is 0.465. The van der Waals surface area contributed by atoms with E-state index < -0.39 is 29.9 Å². The molecule has 0 aliphatic carbocycles. The molecule has 0 radical (unpaired) electrons. The Labute approximate surface area is 173 Å². The molecule has 0 aromatic heterocycles. The van der Waals surface area contributed by atoms with Gasteiger partial charge in [0.15, 0.2) is 0 Å². The molecule has 0 spiro atoms. The normalized spacial score (nSPS) is 11.8. The fourth-order valence-electron chi connectivity index (χ4n) is 2.44. The summed E-state index contributed by atoms with van der Waals surface area (Å²) in [5.74, 6) is 0.198. The number of nitrogens with two attached hydrogens (primary N) is 1. The molecule has 0 unspecified atom stereocenters. The minimum atomic E-state index is -4.45. The summed E-state index contributed by atoms with van der Waals surface area (Å²) in [7, 11) is -8.78. The number of para-hydroxylation sites is 2. The van der Waals surface area contributed by atoms with Crippen molar-refractivity contribution in [2.24, 2.45) is 5.14 Å². The van der Waals surface area contributed by atoms with E-state index in [1.807, 2.05) is 0 Å².